The van der Waals surface area contributed by atoms with Gasteiger partial charge in [0.2, 0.25) is 0 Å². The molecule has 0 spiro atoms. The average Bonchev–Trinajstić information content (AvgIpc) is 2.42. The molecule has 3 nitrogen and oxygen atoms in total. The van der Waals surface area contributed by atoms with E-state index in [4.69, 9.17) is 0 Å². The first kappa shape index (κ1) is 14.3. The lowest BCUT2D eigenvalue weighted by molar-refractivity contribution is 0.614. The molecule has 1 aromatic carbocycles. The summed E-state index contributed by atoms with van der Waals surface area (Å²) >= 11 is 0. The topological polar surface area (TPSA) is 28.2 Å². The van der Waals surface area contributed by atoms with Crippen LogP contribution in [0, 0.1) is 12.7 Å². The van der Waals surface area contributed by atoms with Gasteiger partial charge in [-0.2, -0.15) is 0 Å². The first-order valence-corrected chi connectivity index (χ1v) is 6.63. The van der Waals surface area contributed by atoms with Crippen molar-refractivity contribution in [2.45, 2.75) is 19.9 Å². The predicted octanol–water partition coefficient (Wildman–Crippen LogP) is 3.77. The lowest BCUT2D eigenvalue weighted by atomic mass is 10.1. The third-order valence-electron chi connectivity index (χ3n) is 3.29. The Hall–Kier alpha value is -2.10. The Kier molecular flexibility index (Phi) is 4.23. The Morgan fingerprint density at radius 2 is 1.95 bits per heavy atom. The number of aryl methyl sites for hydroxylation is 1. The molecule has 0 bridgehead atoms. The highest BCUT2D eigenvalue weighted by molar-refractivity contribution is 5.49. The minimum Gasteiger partial charge on any atom is -0.377 e. The second-order valence-corrected chi connectivity index (χ2v) is 5.17. The largest absolute Gasteiger partial charge is 0.377 e. The Morgan fingerprint density at radius 1 is 1.20 bits per heavy atom. The Labute approximate surface area is 119 Å². The molecule has 1 aromatic heterocycles. The van der Waals surface area contributed by atoms with Gasteiger partial charge in [-0.15, -0.1) is 0 Å². The summed E-state index contributed by atoms with van der Waals surface area (Å²) in [4.78, 5) is 6.29. The maximum atomic E-state index is 13.6. The minimum absolute atomic E-state index is 0.0251. The van der Waals surface area contributed by atoms with E-state index in [0.29, 0.717) is 5.56 Å². The Morgan fingerprint density at radius 3 is 2.50 bits per heavy atom. The first-order valence-electron chi connectivity index (χ1n) is 6.63. The fourth-order valence-electron chi connectivity index (χ4n) is 1.95. The number of rotatable bonds is 4. The van der Waals surface area contributed by atoms with Crippen molar-refractivity contribution in [1.82, 2.24) is 4.98 Å². The van der Waals surface area contributed by atoms with Crippen LogP contribution in [-0.2, 0) is 0 Å². The van der Waals surface area contributed by atoms with E-state index in [-0.39, 0.29) is 11.9 Å². The summed E-state index contributed by atoms with van der Waals surface area (Å²) in [6.45, 7) is 3.77. The molecule has 1 atom stereocenters. The molecule has 1 unspecified atom stereocenters. The zero-order chi connectivity index (χ0) is 14.7. The number of hydrogen-bond donors (Lipinski definition) is 1. The molecular formula is C16H20FN3. The average molecular weight is 273 g/mol. The molecule has 4 heteroatoms. The molecule has 0 saturated carbocycles. The van der Waals surface area contributed by atoms with Gasteiger partial charge in [-0.3, -0.25) is 0 Å². The monoisotopic (exact) mass is 273 g/mol. The molecule has 0 saturated heterocycles. The smallest absolute Gasteiger partial charge is 0.128 e. The highest BCUT2D eigenvalue weighted by atomic mass is 19.1. The summed E-state index contributed by atoms with van der Waals surface area (Å²) in [5.41, 5.74) is 2.51. The quantitative estimate of drug-likeness (QED) is 0.919. The van der Waals surface area contributed by atoms with E-state index >= 15 is 0 Å². The van der Waals surface area contributed by atoms with Gasteiger partial charge >= 0.3 is 0 Å². The van der Waals surface area contributed by atoms with Crippen LogP contribution in [0.3, 0.4) is 0 Å². The number of nitrogens with zero attached hydrogens (tertiary/aromatic N) is 2. The molecule has 0 fully saturated rings. The maximum Gasteiger partial charge on any atom is 0.128 e. The second kappa shape index (κ2) is 5.90. The van der Waals surface area contributed by atoms with E-state index in [1.165, 1.54) is 0 Å². The van der Waals surface area contributed by atoms with Crippen LogP contribution in [0.5, 0.6) is 0 Å². The molecule has 2 rings (SSSR count). The summed E-state index contributed by atoms with van der Waals surface area (Å²) in [5.74, 6) is 0.738. The summed E-state index contributed by atoms with van der Waals surface area (Å²) in [5, 5.41) is 3.32. The fourth-order valence-corrected chi connectivity index (χ4v) is 1.95. The van der Waals surface area contributed by atoms with Crippen LogP contribution < -0.4 is 10.2 Å². The van der Waals surface area contributed by atoms with E-state index < -0.39 is 0 Å². The molecule has 0 aliphatic rings. The summed E-state index contributed by atoms with van der Waals surface area (Å²) in [7, 11) is 3.90. The summed E-state index contributed by atoms with van der Waals surface area (Å²) in [6.07, 6.45) is 1.79. The third kappa shape index (κ3) is 3.26. The highest BCUT2D eigenvalue weighted by Gasteiger charge is 2.08. The van der Waals surface area contributed by atoms with Crippen molar-refractivity contribution in [3.63, 3.8) is 0 Å². The summed E-state index contributed by atoms with van der Waals surface area (Å²) < 4.78 is 13.6. The first-order chi connectivity index (χ1) is 9.47. The predicted molar refractivity (Wildman–Crippen MR) is 81.7 cm³/mol. The van der Waals surface area contributed by atoms with Crippen LogP contribution in [0.25, 0.3) is 0 Å². The molecule has 1 N–H and O–H groups in total. The van der Waals surface area contributed by atoms with E-state index in [1.807, 2.05) is 44.1 Å². The van der Waals surface area contributed by atoms with Crippen molar-refractivity contribution in [2.75, 3.05) is 24.3 Å². The van der Waals surface area contributed by atoms with Crippen molar-refractivity contribution < 1.29 is 4.39 Å². The van der Waals surface area contributed by atoms with Gasteiger partial charge in [0.05, 0.1) is 11.9 Å². The molecule has 2 aromatic rings. The third-order valence-corrected chi connectivity index (χ3v) is 3.29. The molecule has 0 amide bonds. The summed E-state index contributed by atoms with van der Waals surface area (Å²) in [6, 6.07) is 9.27. The van der Waals surface area contributed by atoms with Gasteiger partial charge in [-0.05, 0) is 43.2 Å². The minimum atomic E-state index is -0.169. The molecule has 20 heavy (non-hydrogen) atoms. The maximum absolute atomic E-state index is 13.6. The number of pyridine rings is 1. The number of aromatic nitrogens is 1. The standard InChI is InChI=1S/C16H20FN3/c1-11-5-6-13(9-15(11)17)12(2)19-14-7-8-16(18-10-14)20(3)4/h5-10,12,19H,1-4H3. The molecule has 0 aliphatic carbocycles. The number of anilines is 2. The number of hydrogen-bond acceptors (Lipinski definition) is 3. The van der Waals surface area contributed by atoms with Gasteiger partial charge in [0.1, 0.15) is 11.6 Å². The molecule has 106 valence electrons. The molecular weight excluding hydrogens is 253 g/mol. The van der Waals surface area contributed by atoms with Gasteiger partial charge in [-0.1, -0.05) is 12.1 Å². The normalized spacial score (nSPS) is 12.1. The van der Waals surface area contributed by atoms with Gasteiger partial charge in [-0.25, -0.2) is 9.37 Å². The lowest BCUT2D eigenvalue weighted by Gasteiger charge is -2.17. The van der Waals surface area contributed by atoms with E-state index in [9.17, 15) is 4.39 Å². The van der Waals surface area contributed by atoms with Gasteiger partial charge in [0.25, 0.3) is 0 Å². The lowest BCUT2D eigenvalue weighted by Crippen LogP contribution is -2.11. The Balaban J connectivity index is 2.10. The van der Waals surface area contributed by atoms with Gasteiger partial charge < -0.3 is 10.2 Å². The van der Waals surface area contributed by atoms with Crippen molar-refractivity contribution in [2.24, 2.45) is 0 Å². The van der Waals surface area contributed by atoms with Gasteiger partial charge in [0.15, 0.2) is 0 Å². The van der Waals surface area contributed by atoms with E-state index in [1.54, 1.807) is 25.3 Å². The van der Waals surface area contributed by atoms with E-state index in [2.05, 4.69) is 10.3 Å². The van der Waals surface area contributed by atoms with E-state index in [0.717, 1.165) is 17.1 Å². The zero-order valence-corrected chi connectivity index (χ0v) is 12.3. The van der Waals surface area contributed by atoms with Crippen molar-refractivity contribution in [3.8, 4) is 0 Å². The number of nitrogens with one attached hydrogen (secondary N) is 1. The van der Waals surface area contributed by atoms with Crippen molar-refractivity contribution in [3.05, 3.63) is 53.5 Å². The van der Waals surface area contributed by atoms with Crippen LogP contribution >= 0.6 is 0 Å². The van der Waals surface area contributed by atoms with Crippen LogP contribution in [-0.4, -0.2) is 19.1 Å². The number of benzene rings is 1. The zero-order valence-electron chi connectivity index (χ0n) is 12.3. The Bertz CT molecular complexity index is 579. The number of halogens is 1. The SMILES string of the molecule is Cc1ccc(C(C)Nc2ccc(N(C)C)nc2)cc1F. The van der Waals surface area contributed by atoms with Crippen LogP contribution in [0.4, 0.5) is 15.9 Å². The second-order valence-electron chi connectivity index (χ2n) is 5.17. The van der Waals surface area contributed by atoms with Crippen LogP contribution in [0.2, 0.25) is 0 Å². The highest BCUT2D eigenvalue weighted by Crippen LogP contribution is 2.21. The fraction of sp³-hybridized carbons (Fsp3) is 0.312. The molecule has 0 aliphatic heterocycles. The van der Waals surface area contributed by atoms with Gasteiger partial charge in [0, 0.05) is 20.1 Å². The van der Waals surface area contributed by atoms with Crippen LogP contribution in [0.1, 0.15) is 24.1 Å². The van der Waals surface area contributed by atoms with Crippen molar-refractivity contribution >= 4 is 11.5 Å². The molecule has 1 heterocycles. The van der Waals surface area contributed by atoms with Crippen LogP contribution in [0.15, 0.2) is 36.5 Å². The molecule has 0 radical (unpaired) electrons. The van der Waals surface area contributed by atoms with Crippen molar-refractivity contribution in [1.29, 1.82) is 0 Å².